The molecule has 4 amide bonds. The van der Waals surface area contributed by atoms with E-state index in [1.165, 1.54) is 0 Å². The van der Waals surface area contributed by atoms with Gasteiger partial charge in [-0.2, -0.15) is 0 Å². The molecule has 1 aliphatic heterocycles. The normalized spacial score (nSPS) is 18.3. The maximum absolute atomic E-state index is 12.3. The first-order valence-corrected chi connectivity index (χ1v) is 7.87. The first-order chi connectivity index (χ1) is 10.8. The molecule has 2 N–H and O–H groups in total. The fourth-order valence-corrected chi connectivity index (χ4v) is 2.94. The Morgan fingerprint density at radius 2 is 2.04 bits per heavy atom. The number of amides is 4. The molecule has 6 nitrogen and oxygen atoms in total. The molecule has 1 aromatic rings. The van der Waals surface area contributed by atoms with Gasteiger partial charge >= 0.3 is 6.03 Å². The van der Waals surface area contributed by atoms with Gasteiger partial charge in [-0.15, -0.1) is 0 Å². The molecule has 1 aliphatic rings. The number of nitrogens with one attached hydrogen (secondary N) is 2. The summed E-state index contributed by atoms with van der Waals surface area (Å²) in [5.74, 6) is -0.545. The second-order valence-electron chi connectivity index (χ2n) is 5.40. The van der Waals surface area contributed by atoms with Gasteiger partial charge in [-0.1, -0.05) is 29.3 Å². The number of hydrogen-bond acceptors (Lipinski definition) is 3. The highest BCUT2D eigenvalue weighted by Crippen LogP contribution is 2.29. The summed E-state index contributed by atoms with van der Waals surface area (Å²) in [6.07, 6.45) is 0.395. The number of hydrogen-bond donors (Lipinski definition) is 2. The van der Waals surface area contributed by atoms with Gasteiger partial charge in [-0.3, -0.25) is 14.9 Å². The highest BCUT2D eigenvalue weighted by Gasteiger charge is 2.30. The van der Waals surface area contributed by atoms with Gasteiger partial charge in [-0.05, 0) is 31.0 Å². The van der Waals surface area contributed by atoms with Crippen molar-refractivity contribution in [2.75, 3.05) is 7.05 Å². The van der Waals surface area contributed by atoms with Gasteiger partial charge in [0.1, 0.15) is 6.04 Å². The van der Waals surface area contributed by atoms with Crippen LogP contribution >= 0.6 is 23.2 Å². The molecule has 0 aromatic heterocycles. The van der Waals surface area contributed by atoms with Crippen LogP contribution in [-0.2, 0) is 9.59 Å². The lowest BCUT2D eigenvalue weighted by Crippen LogP contribution is -2.33. The molecule has 0 bridgehead atoms. The van der Waals surface area contributed by atoms with E-state index >= 15 is 0 Å². The second kappa shape index (κ2) is 7.19. The zero-order chi connectivity index (χ0) is 17.1. The van der Waals surface area contributed by atoms with E-state index in [9.17, 15) is 14.4 Å². The quantitative estimate of drug-likeness (QED) is 0.794. The summed E-state index contributed by atoms with van der Waals surface area (Å²) >= 11 is 12.0. The van der Waals surface area contributed by atoms with E-state index < -0.39 is 18.0 Å². The van der Waals surface area contributed by atoms with E-state index in [-0.39, 0.29) is 24.8 Å². The number of carbonyl (C=O) groups excluding carboxylic acids is 3. The van der Waals surface area contributed by atoms with Crippen molar-refractivity contribution >= 4 is 41.0 Å². The van der Waals surface area contributed by atoms with E-state index in [4.69, 9.17) is 23.2 Å². The molecule has 0 saturated carbocycles. The van der Waals surface area contributed by atoms with Crippen molar-refractivity contribution in [3.05, 3.63) is 33.8 Å². The summed E-state index contributed by atoms with van der Waals surface area (Å²) in [5.41, 5.74) is 0.791. The van der Waals surface area contributed by atoms with Gasteiger partial charge < -0.3 is 10.2 Å². The molecular formula is C15H17Cl2N3O3. The van der Waals surface area contributed by atoms with Gasteiger partial charge in [-0.25, -0.2) is 4.79 Å². The number of urea groups is 1. The minimum absolute atomic E-state index is 0.141. The molecule has 0 radical (unpaired) electrons. The summed E-state index contributed by atoms with van der Waals surface area (Å²) < 4.78 is 0. The van der Waals surface area contributed by atoms with Crippen molar-refractivity contribution < 1.29 is 14.4 Å². The van der Waals surface area contributed by atoms with Crippen molar-refractivity contribution in [2.24, 2.45) is 0 Å². The van der Waals surface area contributed by atoms with Crippen LogP contribution in [0.5, 0.6) is 0 Å². The molecule has 124 valence electrons. The van der Waals surface area contributed by atoms with Gasteiger partial charge in [0, 0.05) is 23.5 Å². The van der Waals surface area contributed by atoms with Crippen LogP contribution in [0.25, 0.3) is 0 Å². The van der Waals surface area contributed by atoms with Crippen LogP contribution in [0, 0.1) is 0 Å². The molecule has 0 unspecified atom stereocenters. The van der Waals surface area contributed by atoms with Crippen LogP contribution in [0.1, 0.15) is 31.4 Å². The molecule has 23 heavy (non-hydrogen) atoms. The minimum Gasteiger partial charge on any atom is -0.339 e. The summed E-state index contributed by atoms with van der Waals surface area (Å²) in [6.45, 7) is 1.86. The van der Waals surface area contributed by atoms with E-state index in [0.717, 1.165) is 5.56 Å². The molecule has 0 spiro atoms. The summed E-state index contributed by atoms with van der Waals surface area (Å²) in [7, 11) is 1.67. The Kier molecular flexibility index (Phi) is 5.49. The number of rotatable bonds is 5. The summed E-state index contributed by atoms with van der Waals surface area (Å²) in [4.78, 5) is 36.3. The van der Waals surface area contributed by atoms with Gasteiger partial charge in [0.05, 0.1) is 6.04 Å². The molecular weight excluding hydrogens is 341 g/mol. The molecule has 2 atom stereocenters. The largest absolute Gasteiger partial charge is 0.339 e. The third kappa shape index (κ3) is 4.14. The van der Waals surface area contributed by atoms with Crippen LogP contribution < -0.4 is 10.6 Å². The van der Waals surface area contributed by atoms with Crippen molar-refractivity contribution in [3.63, 3.8) is 0 Å². The lowest BCUT2D eigenvalue weighted by Gasteiger charge is -2.26. The zero-order valence-electron chi connectivity index (χ0n) is 12.7. The molecule has 1 saturated heterocycles. The zero-order valence-corrected chi connectivity index (χ0v) is 14.2. The Morgan fingerprint density at radius 3 is 2.61 bits per heavy atom. The fourth-order valence-electron chi connectivity index (χ4n) is 2.37. The summed E-state index contributed by atoms with van der Waals surface area (Å²) in [6, 6.07) is 3.71. The average molecular weight is 358 g/mol. The maximum atomic E-state index is 12.3. The first kappa shape index (κ1) is 17.6. The van der Waals surface area contributed by atoms with E-state index in [0.29, 0.717) is 10.0 Å². The van der Waals surface area contributed by atoms with Gasteiger partial charge in [0.2, 0.25) is 5.91 Å². The standard InChI is InChI=1S/C15H17Cl2N3O3/c1-8(10-4-3-9(16)7-11(10)17)20(2)13(21)6-5-12-14(22)19-15(23)18-12/h3-4,7-8,12H,5-6H2,1-2H3,(H2,18,19,22,23)/t8-,12-/m1/s1. The fraction of sp³-hybridized carbons (Fsp3) is 0.400. The topological polar surface area (TPSA) is 78.5 Å². The Labute approximate surface area is 144 Å². The molecule has 0 aliphatic carbocycles. The predicted octanol–water partition coefficient (Wildman–Crippen LogP) is 2.50. The second-order valence-corrected chi connectivity index (χ2v) is 6.24. The number of benzene rings is 1. The van der Waals surface area contributed by atoms with Crippen LogP contribution in [0.15, 0.2) is 18.2 Å². The number of imide groups is 1. The van der Waals surface area contributed by atoms with Gasteiger partial charge in [0.25, 0.3) is 5.91 Å². The Morgan fingerprint density at radius 1 is 1.35 bits per heavy atom. The Bertz CT molecular complexity index is 651. The summed E-state index contributed by atoms with van der Waals surface area (Å²) in [5, 5.41) is 5.63. The molecule has 1 heterocycles. The number of nitrogens with zero attached hydrogens (tertiary/aromatic N) is 1. The molecule has 2 rings (SSSR count). The third-order valence-corrected chi connectivity index (χ3v) is 4.45. The van der Waals surface area contributed by atoms with Crippen LogP contribution in [0.3, 0.4) is 0 Å². The minimum atomic E-state index is -0.658. The third-order valence-electron chi connectivity index (χ3n) is 3.89. The van der Waals surface area contributed by atoms with Gasteiger partial charge in [0.15, 0.2) is 0 Å². The van der Waals surface area contributed by atoms with Crippen molar-refractivity contribution in [1.82, 2.24) is 15.5 Å². The highest BCUT2D eigenvalue weighted by atomic mass is 35.5. The van der Waals surface area contributed by atoms with Crippen LogP contribution in [-0.4, -0.2) is 35.8 Å². The lowest BCUT2D eigenvalue weighted by molar-refractivity contribution is -0.132. The van der Waals surface area contributed by atoms with Crippen LogP contribution in [0.4, 0.5) is 4.79 Å². The highest BCUT2D eigenvalue weighted by molar-refractivity contribution is 6.35. The monoisotopic (exact) mass is 357 g/mol. The van der Waals surface area contributed by atoms with Crippen LogP contribution in [0.2, 0.25) is 10.0 Å². The maximum Gasteiger partial charge on any atom is 0.322 e. The SMILES string of the molecule is C[C@H](c1ccc(Cl)cc1Cl)N(C)C(=O)CC[C@H]1NC(=O)NC1=O. The van der Waals surface area contributed by atoms with E-state index in [1.54, 1.807) is 30.1 Å². The average Bonchev–Trinajstić information content (AvgIpc) is 2.81. The van der Waals surface area contributed by atoms with Crippen molar-refractivity contribution in [1.29, 1.82) is 0 Å². The molecule has 1 aromatic carbocycles. The number of carbonyl (C=O) groups is 3. The molecule has 1 fully saturated rings. The van der Waals surface area contributed by atoms with E-state index in [2.05, 4.69) is 10.6 Å². The smallest absolute Gasteiger partial charge is 0.322 e. The van der Waals surface area contributed by atoms with Crippen molar-refractivity contribution in [3.8, 4) is 0 Å². The first-order valence-electron chi connectivity index (χ1n) is 7.11. The van der Waals surface area contributed by atoms with E-state index in [1.807, 2.05) is 6.92 Å². The Balaban J connectivity index is 1.96. The predicted molar refractivity (Wildman–Crippen MR) is 87.3 cm³/mol. The Hall–Kier alpha value is -1.79. The van der Waals surface area contributed by atoms with Crippen molar-refractivity contribution in [2.45, 2.75) is 31.8 Å². The molecule has 8 heteroatoms. The number of halogens is 2. The lowest BCUT2D eigenvalue weighted by atomic mass is 10.1.